The number of ether oxygens (including phenoxy) is 1. The summed E-state index contributed by atoms with van der Waals surface area (Å²) in [6, 6.07) is 5.57. The van der Waals surface area contributed by atoms with Gasteiger partial charge in [-0.05, 0) is 18.2 Å². The molecule has 0 bridgehead atoms. The van der Waals surface area contributed by atoms with E-state index in [9.17, 15) is 5.11 Å². The number of nitrogens with zero attached hydrogens (tertiary/aromatic N) is 2. The number of hydrogen-bond donors (Lipinski definition) is 2. The third-order valence-electron chi connectivity index (χ3n) is 2.43. The Bertz CT molecular complexity index is 536. The summed E-state index contributed by atoms with van der Waals surface area (Å²) in [5, 5.41) is 19.8. The van der Waals surface area contributed by atoms with Crippen molar-refractivity contribution in [3.8, 4) is 5.75 Å². The standard InChI is InChI=1S/C12H14N2O3S/c1-17-9-2-3-11-10(4-9)12(14-7-13-11)18-6-8(16)5-15/h2-4,7-8,15-16H,5-6H2,1H3. The molecule has 2 aromatic rings. The van der Waals surface area contributed by atoms with Crippen LogP contribution in [0.4, 0.5) is 0 Å². The molecule has 1 unspecified atom stereocenters. The van der Waals surface area contributed by atoms with Crippen molar-refractivity contribution in [3.05, 3.63) is 24.5 Å². The molecule has 1 atom stereocenters. The zero-order valence-electron chi connectivity index (χ0n) is 9.91. The van der Waals surface area contributed by atoms with Crippen LogP contribution in [0.2, 0.25) is 0 Å². The van der Waals surface area contributed by atoms with Crippen LogP contribution in [0.15, 0.2) is 29.6 Å². The predicted octanol–water partition coefficient (Wildman–Crippen LogP) is 1.08. The summed E-state index contributed by atoms with van der Waals surface area (Å²) < 4.78 is 5.17. The monoisotopic (exact) mass is 266 g/mol. The fourth-order valence-corrected chi connectivity index (χ4v) is 2.38. The van der Waals surface area contributed by atoms with E-state index in [2.05, 4.69) is 9.97 Å². The van der Waals surface area contributed by atoms with Crippen molar-refractivity contribution in [1.82, 2.24) is 9.97 Å². The topological polar surface area (TPSA) is 75.5 Å². The van der Waals surface area contributed by atoms with Crippen molar-refractivity contribution >= 4 is 22.7 Å². The molecule has 0 aliphatic carbocycles. The molecule has 6 heteroatoms. The van der Waals surface area contributed by atoms with Crippen LogP contribution in [0.1, 0.15) is 0 Å². The zero-order valence-corrected chi connectivity index (χ0v) is 10.7. The maximum Gasteiger partial charge on any atom is 0.119 e. The average Bonchev–Trinajstić information content (AvgIpc) is 2.43. The summed E-state index contributed by atoms with van der Waals surface area (Å²) >= 11 is 1.39. The summed E-state index contributed by atoms with van der Waals surface area (Å²) in [5.41, 5.74) is 0.826. The van der Waals surface area contributed by atoms with Crippen molar-refractivity contribution in [2.24, 2.45) is 0 Å². The van der Waals surface area contributed by atoms with Gasteiger partial charge >= 0.3 is 0 Å². The molecule has 1 heterocycles. The summed E-state index contributed by atoms with van der Waals surface area (Å²) in [4.78, 5) is 8.36. The van der Waals surface area contributed by atoms with Crippen LogP contribution in [0.25, 0.3) is 10.9 Å². The third kappa shape index (κ3) is 2.90. The minimum atomic E-state index is -0.745. The van der Waals surface area contributed by atoms with Gasteiger partial charge in [-0.1, -0.05) is 0 Å². The Kier molecular flexibility index (Phi) is 4.35. The van der Waals surface area contributed by atoms with Gasteiger partial charge in [-0.15, -0.1) is 11.8 Å². The molecule has 1 aromatic carbocycles. The van der Waals surface area contributed by atoms with Gasteiger partial charge in [0.25, 0.3) is 0 Å². The van der Waals surface area contributed by atoms with Crippen LogP contribution >= 0.6 is 11.8 Å². The van der Waals surface area contributed by atoms with Crippen LogP contribution in [0.5, 0.6) is 5.75 Å². The Hall–Kier alpha value is -1.37. The highest BCUT2D eigenvalue weighted by atomic mass is 32.2. The highest BCUT2D eigenvalue weighted by Gasteiger charge is 2.08. The molecule has 96 valence electrons. The molecule has 2 rings (SSSR count). The van der Waals surface area contributed by atoms with Gasteiger partial charge in [0.2, 0.25) is 0 Å². The molecule has 0 saturated heterocycles. The number of thioether (sulfide) groups is 1. The molecule has 1 aromatic heterocycles. The summed E-state index contributed by atoms with van der Waals surface area (Å²) in [7, 11) is 1.60. The van der Waals surface area contributed by atoms with E-state index < -0.39 is 6.10 Å². The Morgan fingerprint density at radius 2 is 2.22 bits per heavy atom. The Labute approximate surface area is 109 Å². The Balaban J connectivity index is 2.31. The number of aliphatic hydroxyl groups is 2. The molecule has 0 aliphatic rings. The number of rotatable bonds is 5. The maximum atomic E-state index is 9.35. The number of benzene rings is 1. The average molecular weight is 266 g/mol. The van der Waals surface area contributed by atoms with Gasteiger partial charge < -0.3 is 14.9 Å². The first-order chi connectivity index (χ1) is 8.74. The van der Waals surface area contributed by atoms with E-state index in [0.717, 1.165) is 21.7 Å². The molecule has 0 saturated carbocycles. The lowest BCUT2D eigenvalue weighted by Gasteiger charge is -2.08. The number of fused-ring (bicyclic) bond motifs is 1. The number of methoxy groups -OCH3 is 1. The molecule has 5 nitrogen and oxygen atoms in total. The van der Waals surface area contributed by atoms with Crippen molar-refractivity contribution < 1.29 is 14.9 Å². The molecule has 0 spiro atoms. The first-order valence-corrected chi connectivity index (χ1v) is 6.43. The minimum Gasteiger partial charge on any atom is -0.497 e. The van der Waals surface area contributed by atoms with E-state index in [1.807, 2.05) is 18.2 Å². The molecular formula is C12H14N2O3S. The van der Waals surface area contributed by atoms with Gasteiger partial charge in [-0.25, -0.2) is 9.97 Å². The van der Waals surface area contributed by atoms with Crippen molar-refractivity contribution in [3.63, 3.8) is 0 Å². The van der Waals surface area contributed by atoms with Crippen LogP contribution in [-0.4, -0.2) is 45.8 Å². The van der Waals surface area contributed by atoms with E-state index in [-0.39, 0.29) is 6.61 Å². The van der Waals surface area contributed by atoms with Gasteiger partial charge in [0.15, 0.2) is 0 Å². The maximum absolute atomic E-state index is 9.35. The highest BCUT2D eigenvalue weighted by Crippen LogP contribution is 2.27. The Morgan fingerprint density at radius 1 is 1.39 bits per heavy atom. The molecule has 0 fully saturated rings. The lowest BCUT2D eigenvalue weighted by molar-refractivity contribution is 0.113. The van der Waals surface area contributed by atoms with Crippen LogP contribution in [0, 0.1) is 0 Å². The van der Waals surface area contributed by atoms with Crippen LogP contribution in [-0.2, 0) is 0 Å². The Morgan fingerprint density at radius 3 is 2.94 bits per heavy atom. The zero-order chi connectivity index (χ0) is 13.0. The second-order valence-corrected chi connectivity index (χ2v) is 4.72. The fourth-order valence-electron chi connectivity index (χ4n) is 1.48. The molecule has 0 amide bonds. The third-order valence-corrected chi connectivity index (χ3v) is 3.58. The molecule has 0 aliphatic heterocycles. The van der Waals surface area contributed by atoms with Gasteiger partial charge in [0.05, 0.1) is 25.3 Å². The van der Waals surface area contributed by atoms with E-state index in [1.165, 1.54) is 18.1 Å². The first-order valence-electron chi connectivity index (χ1n) is 5.45. The minimum absolute atomic E-state index is 0.251. The summed E-state index contributed by atoms with van der Waals surface area (Å²) in [6.07, 6.45) is 0.744. The first kappa shape index (κ1) is 13.1. The quantitative estimate of drug-likeness (QED) is 0.623. The lowest BCUT2D eigenvalue weighted by atomic mass is 10.2. The fraction of sp³-hybridized carbons (Fsp3) is 0.333. The van der Waals surface area contributed by atoms with E-state index in [0.29, 0.717) is 5.75 Å². The van der Waals surface area contributed by atoms with Crippen LogP contribution in [0.3, 0.4) is 0 Å². The molecule has 2 N–H and O–H groups in total. The van der Waals surface area contributed by atoms with Crippen molar-refractivity contribution in [2.75, 3.05) is 19.5 Å². The molecule has 0 radical (unpaired) electrons. The van der Waals surface area contributed by atoms with Gasteiger partial charge in [-0.2, -0.15) is 0 Å². The lowest BCUT2D eigenvalue weighted by Crippen LogP contribution is -2.14. The highest BCUT2D eigenvalue weighted by molar-refractivity contribution is 7.99. The van der Waals surface area contributed by atoms with Crippen molar-refractivity contribution in [1.29, 1.82) is 0 Å². The number of hydrogen-bond acceptors (Lipinski definition) is 6. The van der Waals surface area contributed by atoms with E-state index >= 15 is 0 Å². The smallest absolute Gasteiger partial charge is 0.119 e. The SMILES string of the molecule is COc1ccc2ncnc(SCC(O)CO)c2c1. The molecular weight excluding hydrogens is 252 g/mol. The van der Waals surface area contributed by atoms with Gasteiger partial charge in [0.1, 0.15) is 17.1 Å². The van der Waals surface area contributed by atoms with E-state index in [1.54, 1.807) is 7.11 Å². The second kappa shape index (κ2) is 5.99. The number of aromatic nitrogens is 2. The van der Waals surface area contributed by atoms with Crippen molar-refractivity contribution in [2.45, 2.75) is 11.1 Å². The normalized spacial score (nSPS) is 12.6. The van der Waals surface area contributed by atoms with E-state index in [4.69, 9.17) is 9.84 Å². The number of aliphatic hydroxyl groups excluding tert-OH is 2. The largest absolute Gasteiger partial charge is 0.497 e. The van der Waals surface area contributed by atoms with Gasteiger partial charge in [0, 0.05) is 11.1 Å². The van der Waals surface area contributed by atoms with Gasteiger partial charge in [-0.3, -0.25) is 0 Å². The molecule has 18 heavy (non-hydrogen) atoms. The second-order valence-electron chi connectivity index (χ2n) is 3.71. The summed E-state index contributed by atoms with van der Waals surface area (Å²) in [6.45, 7) is -0.251. The predicted molar refractivity (Wildman–Crippen MR) is 69.9 cm³/mol. The van der Waals surface area contributed by atoms with Crippen LogP contribution < -0.4 is 4.74 Å². The summed E-state index contributed by atoms with van der Waals surface area (Å²) in [5.74, 6) is 1.13.